The van der Waals surface area contributed by atoms with E-state index in [1.807, 2.05) is 55.5 Å². The van der Waals surface area contributed by atoms with Crippen molar-refractivity contribution in [3.8, 4) is 33.6 Å². The Hall–Kier alpha value is -5.49. The molecule has 4 heterocycles. The number of ether oxygens (including phenoxy) is 5. The number of likely N-dealkylation sites (tertiary alicyclic amines) is 2. The van der Waals surface area contributed by atoms with E-state index >= 15 is 0 Å². The molecule has 0 aliphatic carbocycles. The molecule has 328 valence electrons. The van der Waals surface area contributed by atoms with Gasteiger partial charge in [0.15, 0.2) is 0 Å². The van der Waals surface area contributed by atoms with Gasteiger partial charge in [0, 0.05) is 45.4 Å². The van der Waals surface area contributed by atoms with Crippen molar-refractivity contribution in [1.82, 2.24) is 40.4 Å². The van der Waals surface area contributed by atoms with E-state index in [1.165, 1.54) is 28.4 Å². The van der Waals surface area contributed by atoms with Crippen LogP contribution in [0.15, 0.2) is 54.7 Å². The summed E-state index contributed by atoms with van der Waals surface area (Å²) in [6.07, 6.45) is 1.14. The number of rotatable bonds is 15. The van der Waals surface area contributed by atoms with Crippen LogP contribution in [0.1, 0.15) is 63.8 Å². The molecular weight excluding hydrogens is 808 g/mol. The summed E-state index contributed by atoms with van der Waals surface area (Å²) >= 11 is 6.75. The van der Waals surface area contributed by atoms with E-state index in [4.69, 9.17) is 45.3 Å². The Bertz CT molecular complexity index is 2150. The summed E-state index contributed by atoms with van der Waals surface area (Å²) < 4.78 is 25.9. The molecule has 2 aliphatic heterocycles. The highest BCUT2D eigenvalue weighted by Crippen LogP contribution is 2.39. The van der Waals surface area contributed by atoms with Gasteiger partial charge in [-0.15, -0.1) is 0 Å². The average molecular weight is 863 g/mol. The molecule has 2 aliphatic rings. The zero-order valence-corrected chi connectivity index (χ0v) is 36.4. The third-order valence-electron chi connectivity index (χ3n) is 11.7. The molecule has 2 aromatic carbocycles. The summed E-state index contributed by atoms with van der Waals surface area (Å²) in [5.74, 6) is 0.661. The fourth-order valence-electron chi connectivity index (χ4n) is 8.18. The number of carbonyl (C=O) groups excluding carboxylic acids is 4. The summed E-state index contributed by atoms with van der Waals surface area (Å²) in [6.45, 7) is 6.30. The Morgan fingerprint density at radius 1 is 0.770 bits per heavy atom. The summed E-state index contributed by atoms with van der Waals surface area (Å²) in [5, 5.41) is 5.61. The topological polar surface area (TPSA) is 202 Å². The Labute approximate surface area is 360 Å². The molecule has 6 rings (SSSR count). The number of aromatic amines is 2. The van der Waals surface area contributed by atoms with E-state index in [0.29, 0.717) is 48.5 Å². The van der Waals surface area contributed by atoms with Crippen LogP contribution >= 0.6 is 11.6 Å². The van der Waals surface area contributed by atoms with E-state index < -0.39 is 36.5 Å². The standard InChI is InChI=1S/C43H55ClN8O9/c1-23-9-18-32(52(23)41(54)35(25(3)59-6)49-43(56)61-8)39-47-36(37(44)50-39)30-16-12-28(13-17-30)27-10-14-29(15-11-27)31-20-45-38(46-31)33-19-26(22-57-4)21-51(33)40(53)34(24(2)58-5)48-42(55)60-7/h10-17,20,23-26,32-35H,9,18-19,21-22H2,1-8H3,(H,45,46)(H,47,50)(H,48,55)(H,49,56)/t23-,24+,25+,26-,32-,33-,34-,35-/m0/s1. The lowest BCUT2D eigenvalue weighted by Gasteiger charge is -2.33. The molecule has 8 atom stereocenters. The Balaban J connectivity index is 1.16. The van der Waals surface area contributed by atoms with Crippen molar-refractivity contribution in [2.75, 3.05) is 48.7 Å². The Morgan fingerprint density at radius 3 is 1.89 bits per heavy atom. The number of benzene rings is 2. The molecular formula is C43H55ClN8O9. The van der Waals surface area contributed by atoms with E-state index in [9.17, 15) is 19.2 Å². The van der Waals surface area contributed by atoms with E-state index in [2.05, 4.69) is 20.6 Å². The van der Waals surface area contributed by atoms with Gasteiger partial charge in [0.1, 0.15) is 34.6 Å². The van der Waals surface area contributed by atoms with E-state index in [1.54, 1.807) is 37.0 Å². The second-order valence-corrected chi connectivity index (χ2v) is 15.9. The third kappa shape index (κ3) is 9.85. The molecule has 0 saturated carbocycles. The van der Waals surface area contributed by atoms with Crippen molar-refractivity contribution in [2.24, 2.45) is 5.92 Å². The molecule has 17 nitrogen and oxygen atoms in total. The highest BCUT2D eigenvalue weighted by molar-refractivity contribution is 6.31. The molecule has 18 heteroatoms. The van der Waals surface area contributed by atoms with Crippen LogP contribution in [0.2, 0.25) is 5.15 Å². The lowest BCUT2D eigenvalue weighted by Crippen LogP contribution is -2.55. The van der Waals surface area contributed by atoms with Gasteiger partial charge in [-0.25, -0.2) is 19.6 Å². The van der Waals surface area contributed by atoms with Gasteiger partial charge in [-0.3, -0.25) is 9.59 Å². The SMILES string of the molecule is COC[C@H]1C[C@@H](c2ncc(-c3ccc(-c4ccc(-c5nc([C@@H]6CC[C@H](C)N6C(=O)[C@@H](NC(=O)OC)[C@@H](C)OC)[nH]c5Cl)cc4)cc3)[nH]2)N(C(=O)[C@@H](NC(=O)OC)[C@@H](C)OC)C1. The molecule has 0 spiro atoms. The van der Waals surface area contributed by atoms with Crippen LogP contribution in [0, 0.1) is 5.92 Å². The number of imidazole rings is 2. The summed E-state index contributed by atoms with van der Waals surface area (Å²) in [5.41, 5.74) is 5.04. The predicted molar refractivity (Wildman–Crippen MR) is 226 cm³/mol. The van der Waals surface area contributed by atoms with Crippen LogP contribution in [0.4, 0.5) is 9.59 Å². The van der Waals surface area contributed by atoms with Crippen molar-refractivity contribution in [1.29, 1.82) is 0 Å². The number of aromatic nitrogens is 4. The number of H-pyrrole nitrogens is 2. The largest absolute Gasteiger partial charge is 0.453 e. The maximum Gasteiger partial charge on any atom is 0.407 e. The molecule has 0 bridgehead atoms. The number of hydrogen-bond acceptors (Lipinski definition) is 11. The lowest BCUT2D eigenvalue weighted by molar-refractivity contribution is -0.139. The van der Waals surface area contributed by atoms with Crippen LogP contribution in [-0.4, -0.2) is 133 Å². The van der Waals surface area contributed by atoms with Gasteiger partial charge < -0.3 is 54.1 Å². The maximum atomic E-state index is 13.9. The first kappa shape index (κ1) is 45.0. The van der Waals surface area contributed by atoms with Gasteiger partial charge in [0.2, 0.25) is 11.8 Å². The minimum absolute atomic E-state index is 0.0691. The van der Waals surface area contributed by atoms with Crippen LogP contribution in [0.25, 0.3) is 33.6 Å². The average Bonchev–Trinajstić information content (AvgIpc) is 4.10. The highest BCUT2D eigenvalue weighted by atomic mass is 35.5. The maximum absolute atomic E-state index is 13.9. The fourth-order valence-corrected chi connectivity index (χ4v) is 8.43. The number of carbonyl (C=O) groups is 4. The molecule has 61 heavy (non-hydrogen) atoms. The molecule has 2 saturated heterocycles. The first-order chi connectivity index (χ1) is 29.3. The first-order valence-corrected chi connectivity index (χ1v) is 20.6. The van der Waals surface area contributed by atoms with Gasteiger partial charge in [-0.1, -0.05) is 60.1 Å². The van der Waals surface area contributed by atoms with Gasteiger partial charge >= 0.3 is 12.2 Å². The minimum atomic E-state index is -0.960. The van der Waals surface area contributed by atoms with E-state index in [0.717, 1.165) is 34.4 Å². The number of nitrogens with zero attached hydrogens (tertiary/aromatic N) is 4. The van der Waals surface area contributed by atoms with Crippen molar-refractivity contribution >= 4 is 35.6 Å². The summed E-state index contributed by atoms with van der Waals surface area (Å²) in [7, 11) is 7.09. The van der Waals surface area contributed by atoms with Gasteiger partial charge in [0.25, 0.3) is 0 Å². The van der Waals surface area contributed by atoms with Gasteiger partial charge in [-0.05, 0) is 56.7 Å². The van der Waals surface area contributed by atoms with Gasteiger partial charge in [-0.2, -0.15) is 0 Å². The first-order valence-electron chi connectivity index (χ1n) is 20.2. The number of methoxy groups -OCH3 is 5. The smallest absolute Gasteiger partial charge is 0.407 e. The normalized spacial score (nSPS) is 20.8. The summed E-state index contributed by atoms with van der Waals surface area (Å²) in [6, 6.07) is 13.2. The quantitative estimate of drug-likeness (QED) is 0.111. The second kappa shape index (κ2) is 19.9. The van der Waals surface area contributed by atoms with Crippen LogP contribution in [0.5, 0.6) is 0 Å². The van der Waals surface area contributed by atoms with Crippen molar-refractivity contribution < 1.29 is 42.9 Å². The van der Waals surface area contributed by atoms with Gasteiger partial charge in [0.05, 0.1) is 57.0 Å². The minimum Gasteiger partial charge on any atom is -0.453 e. The molecule has 0 unspecified atom stereocenters. The van der Waals surface area contributed by atoms with Crippen LogP contribution in [0.3, 0.4) is 0 Å². The highest BCUT2D eigenvalue weighted by Gasteiger charge is 2.44. The fraction of sp³-hybridized carbons (Fsp3) is 0.488. The lowest BCUT2D eigenvalue weighted by atomic mass is 10.0. The predicted octanol–water partition coefficient (Wildman–Crippen LogP) is 5.89. The van der Waals surface area contributed by atoms with Crippen LogP contribution < -0.4 is 10.6 Å². The Kier molecular flexibility index (Phi) is 14.7. The van der Waals surface area contributed by atoms with Crippen LogP contribution in [-0.2, 0) is 33.3 Å². The second-order valence-electron chi connectivity index (χ2n) is 15.5. The molecule has 0 radical (unpaired) electrons. The zero-order valence-electron chi connectivity index (χ0n) is 35.7. The molecule has 4 N–H and O–H groups in total. The molecule has 2 fully saturated rings. The monoisotopic (exact) mass is 862 g/mol. The van der Waals surface area contributed by atoms with Crippen molar-refractivity contribution in [2.45, 2.75) is 82.5 Å². The third-order valence-corrected chi connectivity index (χ3v) is 12.0. The zero-order chi connectivity index (χ0) is 44.0. The van der Waals surface area contributed by atoms with E-state index in [-0.39, 0.29) is 35.9 Å². The van der Waals surface area contributed by atoms with Crippen molar-refractivity contribution in [3.63, 3.8) is 0 Å². The molecule has 2 aromatic heterocycles. The number of hydrogen-bond donors (Lipinski definition) is 4. The summed E-state index contributed by atoms with van der Waals surface area (Å²) in [4.78, 5) is 71.8. The molecule has 4 aromatic rings. The number of alkyl carbamates (subject to hydrolysis) is 2. The number of amides is 4. The number of nitrogens with one attached hydrogen (secondary N) is 4. The Morgan fingerprint density at radius 2 is 1.33 bits per heavy atom. The molecule has 4 amide bonds. The van der Waals surface area contributed by atoms with Crippen molar-refractivity contribution in [3.05, 3.63) is 71.5 Å². The number of halogens is 1.